The molecule has 0 spiro atoms. The molecule has 2 aliphatic heterocycles. The summed E-state index contributed by atoms with van der Waals surface area (Å²) in [4.78, 5) is 15.9. The van der Waals surface area contributed by atoms with Crippen molar-refractivity contribution in [2.24, 2.45) is 11.1 Å². The Kier molecular flexibility index (Phi) is 4.47. The van der Waals surface area contributed by atoms with Crippen LogP contribution in [0.3, 0.4) is 0 Å². The summed E-state index contributed by atoms with van der Waals surface area (Å²) in [5.74, 6) is -0.649. The molecule has 7 nitrogen and oxygen atoms in total. The number of primary sulfonamides is 1. The number of benzene rings is 1. The molecule has 2 fully saturated rings. The molecule has 0 bridgehead atoms. The third-order valence-corrected chi connectivity index (χ3v) is 5.47. The van der Waals surface area contributed by atoms with Crippen LogP contribution >= 0.6 is 0 Å². The number of rotatable bonds is 4. The summed E-state index contributed by atoms with van der Waals surface area (Å²) < 4.78 is 22.5. The minimum atomic E-state index is -3.61. The number of hydrogen-bond acceptors (Lipinski definition) is 5. The normalized spacial score (nSPS) is 21.3. The second-order valence-electron chi connectivity index (χ2n) is 6.41. The van der Waals surface area contributed by atoms with Crippen LogP contribution in [-0.2, 0) is 14.8 Å². The number of anilines is 2. The number of nitriles is 1. The SMILES string of the molecule is N#Cc1cc(N2CC(CS(N)(=O)=O)CC2=O)ccc1N1CCCC1. The van der Waals surface area contributed by atoms with Crippen molar-refractivity contribution < 1.29 is 13.2 Å². The molecule has 1 unspecified atom stereocenters. The third-order valence-electron chi connectivity index (χ3n) is 4.53. The van der Waals surface area contributed by atoms with E-state index in [9.17, 15) is 18.5 Å². The van der Waals surface area contributed by atoms with Crippen LogP contribution in [-0.4, -0.2) is 39.7 Å². The second-order valence-corrected chi connectivity index (χ2v) is 8.07. The van der Waals surface area contributed by atoms with Gasteiger partial charge < -0.3 is 9.80 Å². The number of carbonyl (C=O) groups is 1. The first kappa shape index (κ1) is 16.7. The van der Waals surface area contributed by atoms with E-state index in [1.807, 2.05) is 12.1 Å². The molecule has 2 N–H and O–H groups in total. The lowest BCUT2D eigenvalue weighted by Gasteiger charge is -2.22. The predicted molar refractivity (Wildman–Crippen MR) is 91.0 cm³/mol. The zero-order chi connectivity index (χ0) is 17.3. The van der Waals surface area contributed by atoms with E-state index in [-0.39, 0.29) is 24.0 Å². The molecule has 24 heavy (non-hydrogen) atoms. The van der Waals surface area contributed by atoms with E-state index in [1.54, 1.807) is 11.0 Å². The number of nitrogens with two attached hydrogens (primary N) is 1. The molecule has 3 rings (SSSR count). The Hall–Kier alpha value is -2.11. The van der Waals surface area contributed by atoms with E-state index in [0.29, 0.717) is 17.8 Å². The fraction of sp³-hybridized carbons (Fsp3) is 0.500. The van der Waals surface area contributed by atoms with Gasteiger partial charge in [-0.3, -0.25) is 4.79 Å². The Morgan fingerprint density at radius 2 is 2.00 bits per heavy atom. The standard InChI is InChI=1S/C16H20N4O3S/c17-9-13-8-14(3-4-15(13)19-5-1-2-6-19)20-10-12(7-16(20)21)11-24(18,22)23/h3-4,8,12H,1-2,5-7,10-11H2,(H2,18,22,23). The maximum Gasteiger partial charge on any atom is 0.227 e. The monoisotopic (exact) mass is 348 g/mol. The van der Waals surface area contributed by atoms with Gasteiger partial charge in [0.25, 0.3) is 0 Å². The van der Waals surface area contributed by atoms with Crippen LogP contribution in [0.4, 0.5) is 11.4 Å². The third kappa shape index (κ3) is 3.52. The number of nitrogens with zero attached hydrogens (tertiary/aromatic N) is 3. The summed E-state index contributed by atoms with van der Waals surface area (Å²) in [5.41, 5.74) is 2.07. The van der Waals surface area contributed by atoms with Crippen molar-refractivity contribution in [1.29, 1.82) is 5.26 Å². The van der Waals surface area contributed by atoms with Crippen LogP contribution in [0.5, 0.6) is 0 Å². The Balaban J connectivity index is 1.82. The quantitative estimate of drug-likeness (QED) is 0.866. The lowest BCUT2D eigenvalue weighted by Crippen LogP contribution is -2.27. The highest BCUT2D eigenvalue weighted by molar-refractivity contribution is 7.89. The number of hydrogen-bond donors (Lipinski definition) is 1. The molecule has 0 radical (unpaired) electrons. The van der Waals surface area contributed by atoms with Crippen LogP contribution in [0.1, 0.15) is 24.8 Å². The predicted octanol–water partition coefficient (Wildman–Crippen LogP) is 0.800. The Morgan fingerprint density at radius 1 is 1.29 bits per heavy atom. The molecule has 2 saturated heterocycles. The summed E-state index contributed by atoms with van der Waals surface area (Å²) in [5, 5.41) is 14.5. The van der Waals surface area contributed by atoms with Gasteiger partial charge in [-0.25, -0.2) is 13.6 Å². The average molecular weight is 348 g/mol. The van der Waals surface area contributed by atoms with Gasteiger partial charge in [0.15, 0.2) is 0 Å². The van der Waals surface area contributed by atoms with Gasteiger partial charge in [-0.1, -0.05) is 0 Å². The van der Waals surface area contributed by atoms with Crippen LogP contribution in [0, 0.1) is 17.2 Å². The van der Waals surface area contributed by atoms with Crippen LogP contribution in [0.15, 0.2) is 18.2 Å². The lowest BCUT2D eigenvalue weighted by atomic mass is 10.1. The van der Waals surface area contributed by atoms with Crippen molar-refractivity contribution in [3.05, 3.63) is 23.8 Å². The van der Waals surface area contributed by atoms with Gasteiger partial charge in [0.1, 0.15) is 6.07 Å². The van der Waals surface area contributed by atoms with Crippen LogP contribution in [0.25, 0.3) is 0 Å². The summed E-state index contributed by atoms with van der Waals surface area (Å²) in [6.45, 7) is 2.18. The molecule has 0 saturated carbocycles. The van der Waals surface area contributed by atoms with Crippen molar-refractivity contribution in [2.45, 2.75) is 19.3 Å². The number of sulfonamides is 1. The minimum Gasteiger partial charge on any atom is -0.370 e. The highest BCUT2D eigenvalue weighted by Crippen LogP contribution is 2.31. The van der Waals surface area contributed by atoms with E-state index in [4.69, 9.17) is 5.14 Å². The molecule has 0 aliphatic carbocycles. The molecule has 2 heterocycles. The van der Waals surface area contributed by atoms with Gasteiger partial charge >= 0.3 is 0 Å². The Labute approximate surface area is 141 Å². The van der Waals surface area contributed by atoms with Crippen molar-refractivity contribution in [3.8, 4) is 6.07 Å². The minimum absolute atomic E-state index is 0.138. The summed E-state index contributed by atoms with van der Waals surface area (Å²) in [6.07, 6.45) is 2.39. The first-order chi connectivity index (χ1) is 11.4. The Bertz CT molecular complexity index is 794. The fourth-order valence-corrected chi connectivity index (χ4v) is 4.37. The van der Waals surface area contributed by atoms with Crippen molar-refractivity contribution in [2.75, 3.05) is 35.2 Å². The zero-order valence-corrected chi connectivity index (χ0v) is 14.1. The van der Waals surface area contributed by atoms with Gasteiger partial charge in [0.2, 0.25) is 15.9 Å². The average Bonchev–Trinajstić information content (AvgIpc) is 3.15. The van der Waals surface area contributed by atoms with Gasteiger partial charge in [-0.2, -0.15) is 5.26 Å². The molecule has 1 aromatic carbocycles. The van der Waals surface area contributed by atoms with Crippen molar-refractivity contribution >= 4 is 27.3 Å². The van der Waals surface area contributed by atoms with E-state index in [1.165, 1.54) is 0 Å². The first-order valence-electron chi connectivity index (χ1n) is 7.97. The second kappa shape index (κ2) is 6.42. The van der Waals surface area contributed by atoms with E-state index in [0.717, 1.165) is 31.6 Å². The molecule has 1 aromatic rings. The lowest BCUT2D eigenvalue weighted by molar-refractivity contribution is -0.117. The molecule has 2 aliphatic rings. The maximum atomic E-state index is 12.2. The van der Waals surface area contributed by atoms with Gasteiger partial charge in [-0.15, -0.1) is 0 Å². The topological polar surface area (TPSA) is 107 Å². The highest BCUT2D eigenvalue weighted by atomic mass is 32.2. The molecule has 1 atom stereocenters. The van der Waals surface area contributed by atoms with Gasteiger partial charge in [0, 0.05) is 37.7 Å². The van der Waals surface area contributed by atoms with Crippen LogP contribution < -0.4 is 14.9 Å². The number of carbonyl (C=O) groups excluding carboxylic acids is 1. The molecular formula is C16H20N4O3S. The molecule has 0 aromatic heterocycles. The summed E-state index contributed by atoms with van der Waals surface area (Å²) >= 11 is 0. The summed E-state index contributed by atoms with van der Waals surface area (Å²) in [7, 11) is -3.61. The largest absolute Gasteiger partial charge is 0.370 e. The zero-order valence-electron chi connectivity index (χ0n) is 13.3. The van der Waals surface area contributed by atoms with Crippen molar-refractivity contribution in [3.63, 3.8) is 0 Å². The first-order valence-corrected chi connectivity index (χ1v) is 9.69. The van der Waals surface area contributed by atoms with Gasteiger partial charge in [0.05, 0.1) is 17.0 Å². The van der Waals surface area contributed by atoms with Crippen LogP contribution in [0.2, 0.25) is 0 Å². The highest BCUT2D eigenvalue weighted by Gasteiger charge is 2.33. The maximum absolute atomic E-state index is 12.2. The Morgan fingerprint density at radius 3 is 2.62 bits per heavy atom. The van der Waals surface area contributed by atoms with E-state index < -0.39 is 10.0 Å². The molecule has 8 heteroatoms. The smallest absolute Gasteiger partial charge is 0.227 e. The molecular weight excluding hydrogens is 328 g/mol. The molecule has 1 amide bonds. The number of amides is 1. The fourth-order valence-electron chi connectivity index (χ4n) is 3.49. The van der Waals surface area contributed by atoms with E-state index in [2.05, 4.69) is 11.0 Å². The van der Waals surface area contributed by atoms with E-state index >= 15 is 0 Å². The summed E-state index contributed by atoms with van der Waals surface area (Å²) in [6, 6.07) is 7.62. The molecule has 128 valence electrons. The van der Waals surface area contributed by atoms with Crippen molar-refractivity contribution in [1.82, 2.24) is 0 Å². The van der Waals surface area contributed by atoms with Gasteiger partial charge in [-0.05, 0) is 31.0 Å².